The Hall–Kier alpha value is -1.45. The van der Waals surface area contributed by atoms with Crippen molar-refractivity contribution in [2.24, 2.45) is 0 Å². The highest BCUT2D eigenvalue weighted by atomic mass is 79.9. The van der Waals surface area contributed by atoms with E-state index >= 15 is 0 Å². The summed E-state index contributed by atoms with van der Waals surface area (Å²) in [6.07, 6.45) is 2.44. The number of carbonyl (C=O) groups excluding carboxylic acids is 1. The first-order valence-electron chi connectivity index (χ1n) is 6.49. The molecule has 0 radical (unpaired) electrons. The second kappa shape index (κ2) is 7.20. The predicted octanol–water partition coefficient (Wildman–Crippen LogP) is 4.00. The van der Waals surface area contributed by atoms with Crippen molar-refractivity contribution in [3.05, 3.63) is 63.6 Å². The Bertz CT molecular complexity index is 886. The van der Waals surface area contributed by atoms with Crippen LogP contribution < -0.4 is 3.71 Å². The van der Waals surface area contributed by atoms with Gasteiger partial charge in [-0.15, -0.1) is 0 Å². The summed E-state index contributed by atoms with van der Waals surface area (Å²) in [5.74, 6) is -1.86. The molecule has 0 fully saturated rings. The molecule has 2 aromatic rings. The normalized spacial score (nSPS) is 11.4. The van der Waals surface area contributed by atoms with Gasteiger partial charge in [0.1, 0.15) is 17.3 Å². The van der Waals surface area contributed by atoms with Crippen LogP contribution in [-0.4, -0.2) is 26.7 Å². The maximum absolute atomic E-state index is 14.4. The molecule has 0 unspecified atom stereocenters. The molecule has 0 atom stereocenters. The Kier molecular flexibility index (Phi) is 5.67. The van der Waals surface area contributed by atoms with Crippen LogP contribution in [0.2, 0.25) is 0 Å². The van der Waals surface area contributed by atoms with E-state index < -0.39 is 27.4 Å². The molecule has 2 rings (SSSR count). The average molecular weight is 436 g/mol. The summed E-state index contributed by atoms with van der Waals surface area (Å²) in [5.41, 5.74) is 0.0130. The monoisotopic (exact) mass is 435 g/mol. The minimum absolute atomic E-state index is 0.0115. The second-order valence-corrected chi connectivity index (χ2v) is 8.44. The molecule has 0 heterocycles. The summed E-state index contributed by atoms with van der Waals surface area (Å²) >= 11 is 3.99. The summed E-state index contributed by atoms with van der Waals surface area (Å²) in [5, 5.41) is 0. The Labute approximate surface area is 151 Å². The quantitative estimate of drug-likeness (QED) is 0.525. The molecular weight excluding hydrogens is 424 g/mol. The van der Waals surface area contributed by atoms with Gasteiger partial charge in [0.2, 0.25) is 10.0 Å². The van der Waals surface area contributed by atoms with Gasteiger partial charge in [0.25, 0.3) is 0 Å². The molecule has 0 bridgehead atoms. The van der Waals surface area contributed by atoms with Gasteiger partial charge in [-0.2, -0.15) is 0 Å². The highest BCUT2D eigenvalue weighted by Crippen LogP contribution is 2.33. The lowest BCUT2D eigenvalue weighted by molar-refractivity contribution is 0.103. The molecule has 0 saturated heterocycles. The SMILES string of the molecule is CSN(c1cc(Br)c(C(=O)c2ccc(F)cc2)cc1F)S(C)(=O)=O. The van der Waals surface area contributed by atoms with Crippen LogP contribution in [0.25, 0.3) is 0 Å². The van der Waals surface area contributed by atoms with Crippen molar-refractivity contribution in [2.45, 2.75) is 0 Å². The van der Waals surface area contributed by atoms with Gasteiger partial charge in [-0.1, -0.05) is 0 Å². The van der Waals surface area contributed by atoms with Gasteiger partial charge in [0, 0.05) is 21.9 Å². The maximum atomic E-state index is 14.4. The first kappa shape index (κ1) is 18.9. The highest BCUT2D eigenvalue weighted by molar-refractivity contribution is 9.10. The fourth-order valence-electron chi connectivity index (χ4n) is 2.02. The third kappa shape index (κ3) is 3.96. The van der Waals surface area contributed by atoms with Crippen molar-refractivity contribution in [1.82, 2.24) is 0 Å². The van der Waals surface area contributed by atoms with Gasteiger partial charge >= 0.3 is 0 Å². The Balaban J connectivity index is 2.50. The molecule has 128 valence electrons. The zero-order valence-corrected chi connectivity index (χ0v) is 15.8. The smallest absolute Gasteiger partial charge is 0.241 e. The average Bonchev–Trinajstić information content (AvgIpc) is 2.49. The number of hydrogen-bond donors (Lipinski definition) is 0. The fraction of sp³-hybridized carbons (Fsp3) is 0.133. The van der Waals surface area contributed by atoms with Crippen molar-refractivity contribution in [1.29, 1.82) is 0 Å². The first-order chi connectivity index (χ1) is 11.1. The van der Waals surface area contributed by atoms with Gasteiger partial charge in [-0.05, 0) is 64.3 Å². The molecule has 0 amide bonds. The van der Waals surface area contributed by atoms with Gasteiger partial charge in [0.05, 0.1) is 6.26 Å². The van der Waals surface area contributed by atoms with Crippen molar-refractivity contribution >= 4 is 49.4 Å². The Morgan fingerprint density at radius 3 is 2.25 bits per heavy atom. The number of nitrogens with zero attached hydrogens (tertiary/aromatic N) is 1. The lowest BCUT2D eigenvalue weighted by atomic mass is 10.0. The lowest BCUT2D eigenvalue weighted by Crippen LogP contribution is -2.23. The summed E-state index contributed by atoms with van der Waals surface area (Å²) in [4.78, 5) is 12.4. The van der Waals surface area contributed by atoms with Crippen LogP contribution in [-0.2, 0) is 10.0 Å². The molecule has 2 aromatic carbocycles. The minimum Gasteiger partial charge on any atom is -0.289 e. The van der Waals surface area contributed by atoms with E-state index in [2.05, 4.69) is 15.9 Å². The van der Waals surface area contributed by atoms with Crippen molar-refractivity contribution in [3.63, 3.8) is 0 Å². The fourth-order valence-corrected chi connectivity index (χ4v) is 4.45. The lowest BCUT2D eigenvalue weighted by Gasteiger charge is -2.20. The number of ketones is 1. The Morgan fingerprint density at radius 1 is 1.17 bits per heavy atom. The first-order valence-corrected chi connectivity index (χ1v) is 10.3. The molecule has 24 heavy (non-hydrogen) atoms. The van der Waals surface area contributed by atoms with Gasteiger partial charge in [-0.3, -0.25) is 4.79 Å². The van der Waals surface area contributed by atoms with Crippen LogP contribution in [0.3, 0.4) is 0 Å². The van der Waals surface area contributed by atoms with Crippen molar-refractivity contribution in [3.8, 4) is 0 Å². The number of benzene rings is 2. The zero-order chi connectivity index (χ0) is 18.1. The van der Waals surface area contributed by atoms with Crippen LogP contribution in [0.15, 0.2) is 40.9 Å². The predicted molar refractivity (Wildman–Crippen MR) is 94.8 cm³/mol. The van der Waals surface area contributed by atoms with E-state index in [9.17, 15) is 22.0 Å². The Morgan fingerprint density at radius 2 is 1.75 bits per heavy atom. The molecule has 0 aromatic heterocycles. The van der Waals surface area contributed by atoms with Crippen LogP contribution in [0, 0.1) is 11.6 Å². The molecule has 0 aliphatic rings. The number of halogens is 3. The highest BCUT2D eigenvalue weighted by Gasteiger charge is 2.24. The third-order valence-electron chi connectivity index (χ3n) is 3.05. The van der Waals surface area contributed by atoms with E-state index in [1.165, 1.54) is 24.5 Å². The molecule has 4 nitrogen and oxygen atoms in total. The van der Waals surface area contributed by atoms with Crippen LogP contribution in [0.1, 0.15) is 15.9 Å². The van der Waals surface area contributed by atoms with Crippen molar-refractivity contribution in [2.75, 3.05) is 16.2 Å². The standard InChI is InChI=1S/C15H12BrF2NO3S2/c1-23-19(24(2,21)22)14-8-12(16)11(7-13(14)18)15(20)9-3-5-10(17)6-4-9/h3-8H,1-2H3. The van der Waals surface area contributed by atoms with E-state index in [0.29, 0.717) is 0 Å². The number of sulfonamides is 1. The number of hydrogen-bond acceptors (Lipinski definition) is 4. The zero-order valence-electron chi connectivity index (χ0n) is 12.6. The van der Waals surface area contributed by atoms with E-state index in [0.717, 1.165) is 40.1 Å². The van der Waals surface area contributed by atoms with Crippen LogP contribution in [0.5, 0.6) is 0 Å². The van der Waals surface area contributed by atoms with Gasteiger partial charge in [-0.25, -0.2) is 20.9 Å². The van der Waals surface area contributed by atoms with Gasteiger partial charge in [0.15, 0.2) is 5.78 Å². The summed E-state index contributed by atoms with van der Waals surface area (Å²) < 4.78 is 51.8. The second-order valence-electron chi connectivity index (χ2n) is 4.79. The van der Waals surface area contributed by atoms with E-state index in [1.807, 2.05) is 0 Å². The minimum atomic E-state index is -3.69. The largest absolute Gasteiger partial charge is 0.289 e. The maximum Gasteiger partial charge on any atom is 0.241 e. The van der Waals surface area contributed by atoms with Crippen LogP contribution >= 0.6 is 27.9 Å². The molecule has 0 N–H and O–H groups in total. The summed E-state index contributed by atoms with van der Waals surface area (Å²) in [6.45, 7) is 0. The molecule has 0 aliphatic heterocycles. The van der Waals surface area contributed by atoms with Gasteiger partial charge < -0.3 is 0 Å². The molecule has 0 saturated carbocycles. The number of anilines is 1. The topological polar surface area (TPSA) is 54.5 Å². The van der Waals surface area contributed by atoms with E-state index in [-0.39, 0.29) is 21.3 Å². The summed E-state index contributed by atoms with van der Waals surface area (Å²) in [6, 6.07) is 7.03. The number of carbonyl (C=O) groups is 1. The molecule has 9 heteroatoms. The summed E-state index contributed by atoms with van der Waals surface area (Å²) in [7, 11) is -3.69. The van der Waals surface area contributed by atoms with E-state index in [1.54, 1.807) is 0 Å². The number of rotatable bonds is 5. The third-order valence-corrected chi connectivity index (χ3v) is 6.29. The van der Waals surface area contributed by atoms with E-state index in [4.69, 9.17) is 0 Å². The molecular formula is C15H12BrF2NO3S2. The molecule has 0 spiro atoms. The van der Waals surface area contributed by atoms with Crippen LogP contribution in [0.4, 0.5) is 14.5 Å². The molecule has 0 aliphatic carbocycles. The van der Waals surface area contributed by atoms with Crippen molar-refractivity contribution < 1.29 is 22.0 Å².